The summed E-state index contributed by atoms with van der Waals surface area (Å²) < 4.78 is 18.7. The fourth-order valence-electron chi connectivity index (χ4n) is 5.63. The molecule has 4 atom stereocenters. The van der Waals surface area contributed by atoms with Gasteiger partial charge in [0.25, 0.3) is 0 Å². The van der Waals surface area contributed by atoms with Crippen LogP contribution in [0.25, 0.3) is 6.08 Å². The number of methoxy groups -OCH3 is 1. The van der Waals surface area contributed by atoms with Gasteiger partial charge in [0.1, 0.15) is 17.6 Å². The Morgan fingerprint density at radius 1 is 0.886 bits per heavy atom. The lowest BCUT2D eigenvalue weighted by atomic mass is 9.83. The van der Waals surface area contributed by atoms with Crippen molar-refractivity contribution in [3.05, 3.63) is 102 Å². The Kier molecular flexibility index (Phi) is 4.81. The second-order valence-electron chi connectivity index (χ2n) is 8.91. The van der Waals surface area contributed by atoms with Gasteiger partial charge in [0.15, 0.2) is 5.78 Å². The van der Waals surface area contributed by atoms with Crippen molar-refractivity contribution < 1.29 is 23.5 Å². The van der Waals surface area contributed by atoms with Gasteiger partial charge >= 0.3 is 0 Å². The number of benzene rings is 3. The first-order valence-electron chi connectivity index (χ1n) is 11.4. The number of ether oxygens (including phenoxy) is 1. The van der Waals surface area contributed by atoms with Gasteiger partial charge in [-0.05, 0) is 65.7 Å². The largest absolute Gasteiger partial charge is 0.497 e. The highest BCUT2D eigenvalue weighted by atomic mass is 19.1. The smallest absolute Gasteiger partial charge is 0.240 e. The summed E-state index contributed by atoms with van der Waals surface area (Å²) in [6.07, 6.45) is 3.73. The SMILES string of the molecule is COc1ccc(C(=O)[C@@H]2[C@@H]3C(=O)N(c4ccc(F)cc4)C(=O)[C@@H]3C3c4ccccc4C=CN32)cc1. The van der Waals surface area contributed by atoms with Crippen LogP contribution in [0.1, 0.15) is 27.5 Å². The molecule has 0 radical (unpaired) electrons. The second kappa shape index (κ2) is 7.91. The van der Waals surface area contributed by atoms with Crippen molar-refractivity contribution in [1.82, 2.24) is 4.90 Å². The Morgan fingerprint density at radius 3 is 2.29 bits per heavy atom. The first kappa shape index (κ1) is 21.3. The number of carbonyl (C=O) groups excluding carboxylic acids is 3. The summed E-state index contributed by atoms with van der Waals surface area (Å²) in [5.41, 5.74) is 2.59. The van der Waals surface area contributed by atoms with E-state index in [9.17, 15) is 18.8 Å². The van der Waals surface area contributed by atoms with Crippen LogP contribution in [0, 0.1) is 17.7 Å². The number of rotatable bonds is 4. The molecule has 3 aromatic rings. The number of ketones is 1. The van der Waals surface area contributed by atoms with E-state index < -0.39 is 35.6 Å². The molecule has 6 nitrogen and oxygen atoms in total. The summed E-state index contributed by atoms with van der Waals surface area (Å²) in [6, 6.07) is 18.4. The lowest BCUT2D eigenvalue weighted by Crippen LogP contribution is -2.44. The lowest BCUT2D eigenvalue weighted by molar-refractivity contribution is -0.123. The van der Waals surface area contributed by atoms with Crippen molar-refractivity contribution in [3.63, 3.8) is 0 Å². The predicted octanol–water partition coefficient (Wildman–Crippen LogP) is 4.23. The summed E-state index contributed by atoms with van der Waals surface area (Å²) in [7, 11) is 1.55. The Hall–Kier alpha value is -4.26. The molecule has 0 saturated carbocycles. The molecule has 174 valence electrons. The molecular weight excluding hydrogens is 447 g/mol. The van der Waals surface area contributed by atoms with Gasteiger partial charge in [0.05, 0.1) is 30.7 Å². The van der Waals surface area contributed by atoms with Crippen molar-refractivity contribution in [2.24, 2.45) is 11.8 Å². The van der Waals surface area contributed by atoms with E-state index in [1.165, 1.54) is 24.3 Å². The summed E-state index contributed by atoms with van der Waals surface area (Å²) >= 11 is 0. The van der Waals surface area contributed by atoms with Crippen LogP contribution < -0.4 is 9.64 Å². The Bertz CT molecular complexity index is 1380. The third kappa shape index (κ3) is 3.11. The third-order valence-electron chi connectivity index (χ3n) is 7.19. The van der Waals surface area contributed by atoms with E-state index in [1.807, 2.05) is 41.4 Å². The highest BCUT2D eigenvalue weighted by Gasteiger charge is 2.64. The number of imide groups is 1. The predicted molar refractivity (Wildman–Crippen MR) is 127 cm³/mol. The van der Waals surface area contributed by atoms with Crippen molar-refractivity contribution in [1.29, 1.82) is 0 Å². The summed E-state index contributed by atoms with van der Waals surface area (Å²) in [5, 5.41) is 0. The van der Waals surface area contributed by atoms with Crippen molar-refractivity contribution >= 4 is 29.4 Å². The molecule has 7 heteroatoms. The number of hydrogen-bond donors (Lipinski definition) is 0. The topological polar surface area (TPSA) is 66.9 Å². The fourth-order valence-corrected chi connectivity index (χ4v) is 5.63. The summed E-state index contributed by atoms with van der Waals surface area (Å²) in [5.74, 6) is -2.52. The average Bonchev–Trinajstić information content (AvgIpc) is 3.37. The van der Waals surface area contributed by atoms with Crippen LogP contribution in [0.4, 0.5) is 10.1 Å². The van der Waals surface area contributed by atoms with Crippen LogP contribution in [-0.4, -0.2) is 35.6 Å². The van der Waals surface area contributed by atoms with Crippen molar-refractivity contribution in [2.45, 2.75) is 12.1 Å². The van der Waals surface area contributed by atoms with Gasteiger partial charge in [-0.25, -0.2) is 9.29 Å². The molecule has 0 spiro atoms. The Labute approximate surface area is 201 Å². The van der Waals surface area contributed by atoms with Crippen LogP contribution in [0.15, 0.2) is 79.0 Å². The van der Waals surface area contributed by atoms with Gasteiger partial charge < -0.3 is 9.64 Å². The highest BCUT2D eigenvalue weighted by Crippen LogP contribution is 2.53. The number of hydrogen-bond acceptors (Lipinski definition) is 5. The van der Waals surface area contributed by atoms with Gasteiger partial charge in [0, 0.05) is 11.8 Å². The Balaban J connectivity index is 1.47. The van der Waals surface area contributed by atoms with E-state index >= 15 is 0 Å². The van der Waals surface area contributed by atoms with Gasteiger partial charge in [-0.3, -0.25) is 14.4 Å². The molecule has 3 heterocycles. The fraction of sp³-hybridized carbons (Fsp3) is 0.179. The van der Waals surface area contributed by atoms with E-state index in [2.05, 4.69) is 0 Å². The van der Waals surface area contributed by atoms with E-state index in [0.29, 0.717) is 17.0 Å². The van der Waals surface area contributed by atoms with E-state index in [0.717, 1.165) is 16.0 Å². The maximum absolute atomic E-state index is 13.8. The molecule has 3 aromatic carbocycles. The standard InChI is InChI=1S/C28H21FN2O4/c1-35-20-12-6-17(7-13-20)26(32)25-23-22(24-21-5-3-2-4-16(21)14-15-30(24)25)27(33)31(28(23)34)19-10-8-18(29)9-11-19/h2-15,22-25H,1H3/t22-,23+,24?,25-/m0/s1. The summed E-state index contributed by atoms with van der Waals surface area (Å²) in [6.45, 7) is 0. The molecule has 3 aliphatic rings. The van der Waals surface area contributed by atoms with Crippen molar-refractivity contribution in [2.75, 3.05) is 12.0 Å². The third-order valence-corrected chi connectivity index (χ3v) is 7.19. The zero-order valence-electron chi connectivity index (χ0n) is 18.8. The summed E-state index contributed by atoms with van der Waals surface area (Å²) in [4.78, 5) is 44.4. The van der Waals surface area contributed by atoms with Crippen molar-refractivity contribution in [3.8, 4) is 5.75 Å². The minimum atomic E-state index is -0.872. The quantitative estimate of drug-likeness (QED) is 0.424. The zero-order chi connectivity index (χ0) is 24.3. The van der Waals surface area contributed by atoms with Crippen LogP contribution in [0.2, 0.25) is 0 Å². The molecule has 35 heavy (non-hydrogen) atoms. The molecule has 1 unspecified atom stereocenters. The first-order valence-corrected chi connectivity index (χ1v) is 11.4. The number of anilines is 1. The molecule has 0 bridgehead atoms. The number of carbonyl (C=O) groups is 3. The molecule has 2 saturated heterocycles. The average molecular weight is 468 g/mol. The molecule has 2 fully saturated rings. The maximum Gasteiger partial charge on any atom is 0.240 e. The van der Waals surface area contributed by atoms with Crippen LogP contribution in [-0.2, 0) is 9.59 Å². The van der Waals surface area contributed by atoms with Crippen LogP contribution in [0.5, 0.6) is 5.75 Å². The minimum absolute atomic E-state index is 0.240. The van der Waals surface area contributed by atoms with E-state index in [4.69, 9.17) is 4.74 Å². The number of Topliss-reactive ketones (excluding diaryl/α,β-unsaturated/α-hetero) is 1. The van der Waals surface area contributed by atoms with E-state index in [-0.39, 0.29) is 11.7 Å². The lowest BCUT2D eigenvalue weighted by Gasteiger charge is -2.35. The highest BCUT2D eigenvalue weighted by molar-refractivity contribution is 6.24. The Morgan fingerprint density at radius 2 is 1.57 bits per heavy atom. The zero-order valence-corrected chi connectivity index (χ0v) is 18.8. The number of nitrogens with zero attached hydrogens (tertiary/aromatic N) is 2. The molecule has 6 rings (SSSR count). The van der Waals surface area contributed by atoms with E-state index in [1.54, 1.807) is 31.4 Å². The van der Waals surface area contributed by atoms with Crippen LogP contribution in [0.3, 0.4) is 0 Å². The molecule has 3 aliphatic heterocycles. The number of halogens is 1. The molecule has 0 aliphatic carbocycles. The number of fused-ring (bicyclic) bond motifs is 5. The minimum Gasteiger partial charge on any atom is -0.497 e. The molecule has 2 amide bonds. The molecule has 0 aromatic heterocycles. The van der Waals surface area contributed by atoms with Gasteiger partial charge in [-0.15, -0.1) is 0 Å². The monoisotopic (exact) mass is 468 g/mol. The molecule has 0 N–H and O–H groups in total. The van der Waals surface area contributed by atoms with Gasteiger partial charge in [-0.1, -0.05) is 24.3 Å². The maximum atomic E-state index is 13.8. The molecular formula is C28H21FN2O4. The number of amides is 2. The van der Waals surface area contributed by atoms with Gasteiger partial charge in [-0.2, -0.15) is 0 Å². The normalized spacial score (nSPS) is 24.3. The van der Waals surface area contributed by atoms with Crippen LogP contribution >= 0.6 is 0 Å². The van der Waals surface area contributed by atoms with Gasteiger partial charge in [0.2, 0.25) is 11.8 Å². The second-order valence-corrected chi connectivity index (χ2v) is 8.91. The first-order chi connectivity index (χ1) is 17.0.